The minimum atomic E-state index is -1.03. The van der Waals surface area contributed by atoms with E-state index in [0.717, 1.165) is 52.7 Å². The third kappa shape index (κ3) is 4.83. The largest absolute Gasteiger partial charge is 0.493 e. The third-order valence-corrected chi connectivity index (χ3v) is 8.45. The van der Waals surface area contributed by atoms with Crippen LogP contribution >= 0.6 is 0 Å². The van der Waals surface area contributed by atoms with Crippen LogP contribution in [0.3, 0.4) is 0 Å². The average molecular weight is 577 g/mol. The number of ether oxygens (including phenoxy) is 3. The first-order valence-corrected chi connectivity index (χ1v) is 15.0. The highest BCUT2D eigenvalue weighted by molar-refractivity contribution is 6.00. The molecule has 8 nitrogen and oxygen atoms in total. The number of nitrogens with zero attached hydrogens (tertiary/aromatic N) is 4. The SMILES string of the molecule is COC(=O)C(OC(C)(C)C)c1c(C)nc2cc(-c3ccc4c(c3)CCCC4)nn2c1-c1ccc2c3c(ccnc13)CCO2. The van der Waals surface area contributed by atoms with Crippen molar-refractivity contribution in [3.63, 3.8) is 0 Å². The second-order valence-electron chi connectivity index (χ2n) is 12.5. The lowest BCUT2D eigenvalue weighted by Gasteiger charge is -2.28. The molecule has 3 aromatic heterocycles. The second-order valence-corrected chi connectivity index (χ2v) is 12.5. The summed E-state index contributed by atoms with van der Waals surface area (Å²) in [6.07, 6.45) is 6.27. The average Bonchev–Trinajstić information content (AvgIpc) is 3.42. The number of pyridine rings is 1. The van der Waals surface area contributed by atoms with Crippen molar-refractivity contribution in [1.29, 1.82) is 0 Å². The molecule has 0 saturated carbocycles. The molecule has 7 rings (SSSR count). The van der Waals surface area contributed by atoms with E-state index < -0.39 is 17.7 Å². The molecular formula is C35H36N4O4. The summed E-state index contributed by atoms with van der Waals surface area (Å²) in [6.45, 7) is 8.31. The van der Waals surface area contributed by atoms with Gasteiger partial charge in [-0.15, -0.1) is 0 Å². The fourth-order valence-corrected chi connectivity index (χ4v) is 6.52. The van der Waals surface area contributed by atoms with Crippen molar-refractivity contribution in [1.82, 2.24) is 19.6 Å². The van der Waals surface area contributed by atoms with Gasteiger partial charge in [0.25, 0.3) is 0 Å². The summed E-state index contributed by atoms with van der Waals surface area (Å²) in [6, 6.07) is 14.7. The number of carbonyl (C=O) groups is 1. The van der Waals surface area contributed by atoms with Crippen LogP contribution in [0.2, 0.25) is 0 Å². The van der Waals surface area contributed by atoms with Gasteiger partial charge < -0.3 is 14.2 Å². The molecule has 0 fully saturated rings. The van der Waals surface area contributed by atoms with E-state index >= 15 is 0 Å². The molecule has 2 aromatic carbocycles. The second kappa shape index (κ2) is 10.5. The summed E-state index contributed by atoms with van der Waals surface area (Å²) in [5.41, 5.74) is 9.49. The lowest BCUT2D eigenvalue weighted by molar-refractivity contribution is -0.164. The van der Waals surface area contributed by atoms with Crippen LogP contribution in [0.5, 0.6) is 5.75 Å². The first-order valence-electron chi connectivity index (χ1n) is 15.0. The number of fused-ring (bicyclic) bond motifs is 2. The fraction of sp³-hybridized carbons (Fsp3) is 0.371. The van der Waals surface area contributed by atoms with Gasteiger partial charge in [0, 0.05) is 46.5 Å². The molecule has 43 heavy (non-hydrogen) atoms. The summed E-state index contributed by atoms with van der Waals surface area (Å²) in [7, 11) is 1.38. The zero-order valence-electron chi connectivity index (χ0n) is 25.4. The molecule has 8 heteroatoms. The molecule has 1 atom stereocenters. The number of rotatable bonds is 5. The molecular weight excluding hydrogens is 540 g/mol. The van der Waals surface area contributed by atoms with Gasteiger partial charge >= 0.3 is 5.97 Å². The molecule has 4 heterocycles. The van der Waals surface area contributed by atoms with E-state index in [1.807, 2.05) is 56.6 Å². The monoisotopic (exact) mass is 576 g/mol. The number of carbonyl (C=O) groups excluding carboxylic acids is 1. The fourth-order valence-electron chi connectivity index (χ4n) is 6.52. The van der Waals surface area contributed by atoms with Crippen LogP contribution in [0.15, 0.2) is 48.7 Å². The van der Waals surface area contributed by atoms with Crippen molar-refractivity contribution < 1.29 is 19.0 Å². The topological polar surface area (TPSA) is 87.8 Å². The molecule has 5 aromatic rings. The highest BCUT2D eigenvalue weighted by Gasteiger charge is 2.35. The van der Waals surface area contributed by atoms with Crippen LogP contribution in [-0.4, -0.2) is 44.9 Å². The Kier molecular flexibility index (Phi) is 6.69. The lowest BCUT2D eigenvalue weighted by Crippen LogP contribution is -2.30. The van der Waals surface area contributed by atoms with Gasteiger partial charge in [-0.2, -0.15) is 5.10 Å². The van der Waals surface area contributed by atoms with E-state index in [9.17, 15) is 4.79 Å². The van der Waals surface area contributed by atoms with Crippen molar-refractivity contribution in [3.8, 4) is 28.3 Å². The van der Waals surface area contributed by atoms with E-state index in [0.29, 0.717) is 29.2 Å². The summed E-state index contributed by atoms with van der Waals surface area (Å²) < 4.78 is 19.6. The quantitative estimate of drug-likeness (QED) is 0.214. The van der Waals surface area contributed by atoms with Gasteiger partial charge in [0.2, 0.25) is 0 Å². The number of hydrogen-bond donors (Lipinski definition) is 0. The molecule has 0 radical (unpaired) electrons. The van der Waals surface area contributed by atoms with E-state index in [1.165, 1.54) is 36.6 Å². The van der Waals surface area contributed by atoms with Crippen molar-refractivity contribution >= 4 is 22.5 Å². The maximum Gasteiger partial charge on any atom is 0.339 e. The van der Waals surface area contributed by atoms with Crippen molar-refractivity contribution in [2.24, 2.45) is 0 Å². The van der Waals surface area contributed by atoms with E-state index in [2.05, 4.69) is 24.3 Å². The predicted molar refractivity (Wildman–Crippen MR) is 165 cm³/mol. The van der Waals surface area contributed by atoms with Crippen molar-refractivity contribution in [3.05, 3.63) is 76.6 Å². The number of aryl methyl sites for hydroxylation is 3. The molecule has 0 bridgehead atoms. The standard InChI is InChI=1S/C35H36N4O4/c1-20-29(33(34(40)41-5)43-35(2,3)4)32(25-12-13-27-30-22(15-17-42-27)14-16-36-31(25)30)39-28(37-20)19-26(38-39)24-11-10-21-8-6-7-9-23(21)18-24/h10-14,16,18-19,33H,6-9,15,17H2,1-5H3. The van der Waals surface area contributed by atoms with E-state index in [-0.39, 0.29) is 0 Å². The van der Waals surface area contributed by atoms with Crippen LogP contribution in [-0.2, 0) is 33.5 Å². The van der Waals surface area contributed by atoms with Gasteiger partial charge in [0.05, 0.1) is 36.2 Å². The molecule has 1 unspecified atom stereocenters. The molecule has 1 aliphatic carbocycles. The van der Waals surface area contributed by atoms with Gasteiger partial charge in [0.1, 0.15) is 5.75 Å². The van der Waals surface area contributed by atoms with Gasteiger partial charge in [-0.1, -0.05) is 12.1 Å². The lowest BCUT2D eigenvalue weighted by atomic mass is 9.90. The Hall–Kier alpha value is -4.30. The Labute approximate surface area is 251 Å². The molecule has 220 valence electrons. The van der Waals surface area contributed by atoms with Crippen LogP contribution in [0, 0.1) is 6.92 Å². The zero-order chi connectivity index (χ0) is 29.9. The summed E-state index contributed by atoms with van der Waals surface area (Å²) in [5, 5.41) is 6.13. The molecule has 2 aliphatic rings. The van der Waals surface area contributed by atoms with E-state index in [4.69, 9.17) is 29.3 Å². The predicted octanol–water partition coefficient (Wildman–Crippen LogP) is 6.76. The minimum Gasteiger partial charge on any atom is -0.493 e. The smallest absolute Gasteiger partial charge is 0.339 e. The molecule has 0 spiro atoms. The van der Waals surface area contributed by atoms with Crippen LogP contribution in [0.25, 0.3) is 39.1 Å². The Bertz CT molecular complexity index is 1890. The molecule has 1 aliphatic heterocycles. The van der Waals surface area contributed by atoms with Crippen LogP contribution in [0.1, 0.15) is 67.7 Å². The van der Waals surface area contributed by atoms with Gasteiger partial charge in [-0.05, 0) is 94.3 Å². The summed E-state index contributed by atoms with van der Waals surface area (Å²) in [5.74, 6) is 0.309. The molecule has 0 saturated heterocycles. The van der Waals surface area contributed by atoms with Crippen LogP contribution in [0.4, 0.5) is 0 Å². The van der Waals surface area contributed by atoms with Crippen LogP contribution < -0.4 is 4.74 Å². The minimum absolute atomic E-state index is 0.499. The Morgan fingerprint density at radius 2 is 1.81 bits per heavy atom. The van der Waals surface area contributed by atoms with Crippen molar-refractivity contribution in [2.45, 2.75) is 71.5 Å². The summed E-state index contributed by atoms with van der Waals surface area (Å²) >= 11 is 0. The Morgan fingerprint density at radius 1 is 1.00 bits per heavy atom. The number of benzene rings is 2. The molecule has 0 amide bonds. The normalized spacial score (nSPS) is 15.3. The summed E-state index contributed by atoms with van der Waals surface area (Å²) in [4.78, 5) is 23.2. The first kappa shape index (κ1) is 27.5. The number of esters is 1. The Morgan fingerprint density at radius 3 is 2.60 bits per heavy atom. The number of methoxy groups -OCH3 is 1. The van der Waals surface area contributed by atoms with Gasteiger partial charge in [0.15, 0.2) is 11.8 Å². The molecule has 0 N–H and O–H groups in total. The van der Waals surface area contributed by atoms with Gasteiger partial charge in [-0.25, -0.2) is 14.3 Å². The highest BCUT2D eigenvalue weighted by Crippen LogP contribution is 2.42. The third-order valence-electron chi connectivity index (χ3n) is 8.45. The Balaban J connectivity index is 1.53. The van der Waals surface area contributed by atoms with E-state index in [1.54, 1.807) is 0 Å². The maximum absolute atomic E-state index is 13.4. The first-order chi connectivity index (χ1) is 20.7. The van der Waals surface area contributed by atoms with Crippen molar-refractivity contribution in [2.75, 3.05) is 13.7 Å². The van der Waals surface area contributed by atoms with Gasteiger partial charge in [-0.3, -0.25) is 4.98 Å². The maximum atomic E-state index is 13.4. The highest BCUT2D eigenvalue weighted by atomic mass is 16.6. The number of aromatic nitrogens is 4. The number of hydrogen-bond acceptors (Lipinski definition) is 7. The zero-order valence-corrected chi connectivity index (χ0v) is 25.4.